The number of nitrogens with zero attached hydrogens (tertiary/aromatic N) is 1. The summed E-state index contributed by atoms with van der Waals surface area (Å²) >= 11 is 0. The van der Waals surface area contributed by atoms with E-state index in [0.29, 0.717) is 12.4 Å². The van der Waals surface area contributed by atoms with E-state index in [4.69, 9.17) is 9.84 Å². The van der Waals surface area contributed by atoms with Crippen LogP contribution in [0.3, 0.4) is 0 Å². The van der Waals surface area contributed by atoms with Gasteiger partial charge in [-0.1, -0.05) is 36.4 Å². The van der Waals surface area contributed by atoms with Crippen LogP contribution < -0.4 is 4.74 Å². The van der Waals surface area contributed by atoms with Crippen molar-refractivity contribution in [1.29, 1.82) is 0 Å². The molecule has 124 valence electrons. The molecule has 0 fully saturated rings. The van der Waals surface area contributed by atoms with Gasteiger partial charge in [0, 0.05) is 18.0 Å². The molecule has 0 saturated carbocycles. The summed E-state index contributed by atoms with van der Waals surface area (Å²) in [5.74, 6) is -0.325. The van der Waals surface area contributed by atoms with Crippen molar-refractivity contribution in [2.45, 2.75) is 0 Å². The van der Waals surface area contributed by atoms with Crippen LogP contribution in [0.25, 0.3) is 5.57 Å². The van der Waals surface area contributed by atoms with Gasteiger partial charge < -0.3 is 9.84 Å². The number of ether oxygens (including phenoxy) is 1. The molecular formula is C21H17NO3. The molecule has 1 N–H and O–H groups in total. The van der Waals surface area contributed by atoms with E-state index in [-0.39, 0.29) is 5.56 Å². The quantitative estimate of drug-likeness (QED) is 0.732. The molecule has 1 heterocycles. The first kappa shape index (κ1) is 16.5. The van der Waals surface area contributed by atoms with Crippen molar-refractivity contribution in [2.75, 3.05) is 6.61 Å². The summed E-state index contributed by atoms with van der Waals surface area (Å²) in [5.41, 5.74) is 3.37. The summed E-state index contributed by atoms with van der Waals surface area (Å²) in [7, 11) is 0. The standard InChI is InChI=1S/C21H17NO3/c23-21(24)17-8-10-19(11-9-17)25-14-12-20(16-5-2-1-3-6-16)18-7-4-13-22-15-18/h1-13,15H,14H2,(H,23,24). The van der Waals surface area contributed by atoms with E-state index in [1.165, 1.54) is 12.1 Å². The lowest BCUT2D eigenvalue weighted by molar-refractivity contribution is 0.0697. The second kappa shape index (κ2) is 7.93. The lowest BCUT2D eigenvalue weighted by Gasteiger charge is -2.09. The zero-order valence-electron chi connectivity index (χ0n) is 13.5. The maximum Gasteiger partial charge on any atom is 0.335 e. The van der Waals surface area contributed by atoms with Crippen LogP contribution in [0, 0.1) is 0 Å². The summed E-state index contributed by atoms with van der Waals surface area (Å²) < 4.78 is 5.72. The average Bonchev–Trinajstić information content (AvgIpc) is 2.67. The van der Waals surface area contributed by atoms with Crippen LogP contribution in [0.2, 0.25) is 0 Å². The third-order valence-corrected chi connectivity index (χ3v) is 3.70. The molecule has 25 heavy (non-hydrogen) atoms. The van der Waals surface area contributed by atoms with Gasteiger partial charge in [-0.25, -0.2) is 4.79 Å². The first-order chi connectivity index (χ1) is 12.2. The molecule has 0 unspecified atom stereocenters. The number of benzene rings is 2. The van der Waals surface area contributed by atoms with Gasteiger partial charge in [-0.15, -0.1) is 0 Å². The van der Waals surface area contributed by atoms with E-state index in [1.807, 2.05) is 54.7 Å². The number of aromatic nitrogens is 1. The monoisotopic (exact) mass is 331 g/mol. The molecule has 3 aromatic rings. The fraction of sp³-hybridized carbons (Fsp3) is 0.0476. The number of pyridine rings is 1. The SMILES string of the molecule is O=C(O)c1ccc(OCC=C(c2ccccc2)c2cccnc2)cc1. The van der Waals surface area contributed by atoms with Crippen molar-refractivity contribution in [3.05, 3.63) is 102 Å². The van der Waals surface area contributed by atoms with Gasteiger partial charge in [0.05, 0.1) is 5.56 Å². The van der Waals surface area contributed by atoms with E-state index >= 15 is 0 Å². The molecule has 0 aliphatic carbocycles. The van der Waals surface area contributed by atoms with E-state index in [0.717, 1.165) is 16.7 Å². The number of aromatic carboxylic acids is 1. The Balaban J connectivity index is 1.78. The Morgan fingerprint density at radius 1 is 0.920 bits per heavy atom. The molecule has 3 rings (SSSR count). The van der Waals surface area contributed by atoms with Gasteiger partial charge in [0.2, 0.25) is 0 Å². The van der Waals surface area contributed by atoms with Gasteiger partial charge in [-0.05, 0) is 47.5 Å². The predicted molar refractivity (Wildman–Crippen MR) is 96.7 cm³/mol. The van der Waals surface area contributed by atoms with Gasteiger partial charge in [-0.2, -0.15) is 0 Å². The van der Waals surface area contributed by atoms with E-state index in [2.05, 4.69) is 4.98 Å². The summed E-state index contributed by atoms with van der Waals surface area (Å²) in [6.45, 7) is 0.367. The van der Waals surface area contributed by atoms with Crippen LogP contribution in [0.4, 0.5) is 0 Å². The van der Waals surface area contributed by atoms with Crippen LogP contribution >= 0.6 is 0 Å². The van der Waals surface area contributed by atoms with E-state index < -0.39 is 5.97 Å². The normalized spacial score (nSPS) is 11.1. The third-order valence-electron chi connectivity index (χ3n) is 3.70. The minimum Gasteiger partial charge on any atom is -0.490 e. The Kier molecular flexibility index (Phi) is 5.22. The predicted octanol–water partition coefficient (Wildman–Crippen LogP) is 4.29. The Morgan fingerprint density at radius 2 is 1.64 bits per heavy atom. The highest BCUT2D eigenvalue weighted by molar-refractivity contribution is 5.87. The van der Waals surface area contributed by atoms with Crippen molar-refractivity contribution < 1.29 is 14.6 Å². The number of carboxylic acids is 1. The van der Waals surface area contributed by atoms with Crippen molar-refractivity contribution in [1.82, 2.24) is 4.98 Å². The fourth-order valence-corrected chi connectivity index (χ4v) is 2.46. The summed E-state index contributed by atoms with van der Waals surface area (Å²) in [4.78, 5) is 15.1. The van der Waals surface area contributed by atoms with Gasteiger partial charge >= 0.3 is 5.97 Å². The molecule has 0 radical (unpaired) electrons. The van der Waals surface area contributed by atoms with Crippen LogP contribution in [0.15, 0.2) is 85.2 Å². The fourth-order valence-electron chi connectivity index (χ4n) is 2.46. The van der Waals surface area contributed by atoms with Crippen LogP contribution in [-0.4, -0.2) is 22.7 Å². The zero-order chi connectivity index (χ0) is 17.5. The maximum atomic E-state index is 10.9. The van der Waals surface area contributed by atoms with Crippen molar-refractivity contribution in [2.24, 2.45) is 0 Å². The molecule has 0 saturated heterocycles. The molecule has 2 aromatic carbocycles. The first-order valence-electron chi connectivity index (χ1n) is 7.86. The summed E-state index contributed by atoms with van der Waals surface area (Å²) in [5, 5.41) is 8.92. The molecule has 0 aliphatic rings. The highest BCUT2D eigenvalue weighted by Gasteiger charge is 2.05. The molecule has 0 spiro atoms. The van der Waals surface area contributed by atoms with Gasteiger partial charge in [0.1, 0.15) is 12.4 Å². The van der Waals surface area contributed by atoms with Gasteiger partial charge in [0.15, 0.2) is 0 Å². The Hall–Kier alpha value is -3.40. The van der Waals surface area contributed by atoms with Crippen molar-refractivity contribution in [3.8, 4) is 5.75 Å². The number of hydrogen-bond acceptors (Lipinski definition) is 3. The minimum absolute atomic E-state index is 0.239. The number of hydrogen-bond donors (Lipinski definition) is 1. The Bertz CT molecular complexity index is 815. The molecular weight excluding hydrogens is 314 g/mol. The smallest absolute Gasteiger partial charge is 0.335 e. The molecule has 1 aromatic heterocycles. The van der Waals surface area contributed by atoms with Crippen LogP contribution in [-0.2, 0) is 0 Å². The molecule has 4 nitrogen and oxygen atoms in total. The molecule has 0 aliphatic heterocycles. The van der Waals surface area contributed by atoms with Crippen LogP contribution in [0.5, 0.6) is 5.75 Å². The van der Waals surface area contributed by atoms with E-state index in [9.17, 15) is 4.79 Å². The number of rotatable bonds is 6. The largest absolute Gasteiger partial charge is 0.490 e. The maximum absolute atomic E-state index is 10.9. The number of carboxylic acid groups (broad SMARTS) is 1. The summed E-state index contributed by atoms with van der Waals surface area (Å²) in [6.07, 6.45) is 5.56. The second-order valence-electron chi connectivity index (χ2n) is 5.37. The van der Waals surface area contributed by atoms with Gasteiger partial charge in [0.25, 0.3) is 0 Å². The first-order valence-corrected chi connectivity index (χ1v) is 7.86. The zero-order valence-corrected chi connectivity index (χ0v) is 13.5. The molecule has 0 atom stereocenters. The average molecular weight is 331 g/mol. The molecule has 0 bridgehead atoms. The highest BCUT2D eigenvalue weighted by atomic mass is 16.5. The molecule has 0 amide bonds. The minimum atomic E-state index is -0.950. The van der Waals surface area contributed by atoms with Crippen molar-refractivity contribution >= 4 is 11.5 Å². The van der Waals surface area contributed by atoms with Crippen LogP contribution in [0.1, 0.15) is 21.5 Å². The van der Waals surface area contributed by atoms with E-state index in [1.54, 1.807) is 18.3 Å². The van der Waals surface area contributed by atoms with Gasteiger partial charge in [-0.3, -0.25) is 4.98 Å². The Labute approximate surface area is 146 Å². The molecule has 4 heteroatoms. The lowest BCUT2D eigenvalue weighted by Crippen LogP contribution is -1.99. The topological polar surface area (TPSA) is 59.4 Å². The second-order valence-corrected chi connectivity index (χ2v) is 5.37. The number of carbonyl (C=O) groups is 1. The lowest BCUT2D eigenvalue weighted by atomic mass is 9.99. The highest BCUT2D eigenvalue weighted by Crippen LogP contribution is 2.22. The third kappa shape index (κ3) is 4.32. The summed E-state index contributed by atoms with van der Waals surface area (Å²) in [6, 6.07) is 20.3. The van der Waals surface area contributed by atoms with Crippen molar-refractivity contribution in [3.63, 3.8) is 0 Å². The Morgan fingerprint density at radius 3 is 2.28 bits per heavy atom.